The lowest BCUT2D eigenvalue weighted by atomic mass is 9.46. The van der Waals surface area contributed by atoms with Gasteiger partial charge in [-0.25, -0.2) is 0 Å². The lowest BCUT2D eigenvalue weighted by Crippen LogP contribution is -2.56. The van der Waals surface area contributed by atoms with Crippen molar-refractivity contribution in [3.63, 3.8) is 0 Å². The van der Waals surface area contributed by atoms with Crippen molar-refractivity contribution in [2.24, 2.45) is 28.6 Å². The molecule has 4 fully saturated rings. The van der Waals surface area contributed by atoms with E-state index >= 15 is 0 Å². The molecule has 112 valence electrons. The zero-order valence-corrected chi connectivity index (χ0v) is 13.0. The number of Topliss-reactive ketones (excluding diaryl/α,β-unsaturated/α-hetero) is 1. The zero-order chi connectivity index (χ0) is 14.0. The lowest BCUT2D eigenvalue weighted by molar-refractivity contribution is -0.154. The number of fused-ring (bicyclic) bond motifs is 5. The van der Waals surface area contributed by atoms with Crippen molar-refractivity contribution >= 4 is 5.78 Å². The fraction of sp³-hybridized carbons (Fsp3) is 0.944. The second kappa shape index (κ2) is 4.32. The summed E-state index contributed by atoms with van der Waals surface area (Å²) in [5.74, 6) is 2.39. The average Bonchev–Trinajstić information content (AvgIpc) is 2.80. The molecule has 0 radical (unpaired) electrons. The maximum atomic E-state index is 12.4. The smallest absolute Gasteiger partial charge is 0.136 e. The van der Waals surface area contributed by atoms with Crippen LogP contribution in [0.1, 0.15) is 65.2 Å². The van der Waals surface area contributed by atoms with Gasteiger partial charge in [-0.2, -0.15) is 0 Å². The van der Waals surface area contributed by atoms with E-state index in [1.165, 1.54) is 32.1 Å². The van der Waals surface area contributed by atoms with Crippen LogP contribution in [0.25, 0.3) is 0 Å². The van der Waals surface area contributed by atoms with Crippen LogP contribution in [0.5, 0.6) is 0 Å². The summed E-state index contributed by atoms with van der Waals surface area (Å²) in [6.45, 7) is 5.84. The van der Waals surface area contributed by atoms with E-state index in [0.717, 1.165) is 37.7 Å². The van der Waals surface area contributed by atoms with Crippen molar-refractivity contribution in [1.29, 1.82) is 0 Å². The molecule has 4 rings (SSSR count). The van der Waals surface area contributed by atoms with Crippen LogP contribution in [0, 0.1) is 28.6 Å². The molecule has 3 saturated carbocycles. The van der Waals surface area contributed by atoms with Gasteiger partial charge < -0.3 is 4.74 Å². The Morgan fingerprint density at radius 3 is 2.80 bits per heavy atom. The molecule has 0 spiro atoms. The summed E-state index contributed by atoms with van der Waals surface area (Å²) in [4.78, 5) is 12.4. The molecular weight excluding hydrogens is 248 g/mol. The van der Waals surface area contributed by atoms with E-state index in [9.17, 15) is 4.79 Å². The first-order valence-corrected chi connectivity index (χ1v) is 8.69. The third kappa shape index (κ3) is 1.63. The predicted molar refractivity (Wildman–Crippen MR) is 78.4 cm³/mol. The highest BCUT2D eigenvalue weighted by molar-refractivity contribution is 5.82. The van der Waals surface area contributed by atoms with Gasteiger partial charge in [0, 0.05) is 18.9 Å². The molecule has 0 N–H and O–H groups in total. The molecule has 1 heterocycles. The van der Waals surface area contributed by atoms with E-state index in [2.05, 4.69) is 13.8 Å². The Bertz CT molecular complexity index is 431. The largest absolute Gasteiger partial charge is 0.377 e. The summed E-state index contributed by atoms with van der Waals surface area (Å²) in [5.41, 5.74) is 0.717. The minimum atomic E-state index is 0.283. The van der Waals surface area contributed by atoms with E-state index in [1.54, 1.807) is 0 Å². The van der Waals surface area contributed by atoms with Gasteiger partial charge >= 0.3 is 0 Å². The van der Waals surface area contributed by atoms with Gasteiger partial charge in [0.05, 0.1) is 6.10 Å². The van der Waals surface area contributed by atoms with Crippen LogP contribution in [-0.2, 0) is 9.53 Å². The number of carbonyl (C=O) groups is 1. The van der Waals surface area contributed by atoms with Gasteiger partial charge in [-0.15, -0.1) is 0 Å². The summed E-state index contributed by atoms with van der Waals surface area (Å²) in [6, 6.07) is 0. The average molecular weight is 276 g/mol. The van der Waals surface area contributed by atoms with Crippen molar-refractivity contribution < 1.29 is 9.53 Å². The maximum absolute atomic E-state index is 12.4. The van der Waals surface area contributed by atoms with Crippen LogP contribution in [-0.4, -0.2) is 18.5 Å². The SMILES string of the molecule is C[C@@]12CCO[C@@H]1[C@H]1CC[C@H]3C(=O)CCC[C@]3(C)[C@H]1CC2. The van der Waals surface area contributed by atoms with Gasteiger partial charge in [-0.1, -0.05) is 13.8 Å². The molecule has 1 aliphatic heterocycles. The molecule has 20 heavy (non-hydrogen) atoms. The van der Waals surface area contributed by atoms with Crippen LogP contribution in [0.15, 0.2) is 0 Å². The fourth-order valence-electron chi connectivity index (χ4n) is 6.41. The summed E-state index contributed by atoms with van der Waals surface area (Å²) in [5, 5.41) is 0. The van der Waals surface area contributed by atoms with Gasteiger partial charge in [0.2, 0.25) is 0 Å². The highest BCUT2D eigenvalue weighted by atomic mass is 16.5. The molecule has 0 aromatic rings. The second-order valence-corrected chi connectivity index (χ2v) is 8.46. The number of hydrogen-bond acceptors (Lipinski definition) is 2. The third-order valence-electron chi connectivity index (χ3n) is 7.55. The molecule has 2 heteroatoms. The quantitative estimate of drug-likeness (QED) is 0.669. The van der Waals surface area contributed by atoms with Crippen molar-refractivity contribution in [1.82, 2.24) is 0 Å². The van der Waals surface area contributed by atoms with Gasteiger partial charge in [-0.05, 0) is 67.6 Å². The Hall–Kier alpha value is -0.370. The Morgan fingerprint density at radius 2 is 1.95 bits per heavy atom. The minimum Gasteiger partial charge on any atom is -0.377 e. The predicted octanol–water partition coefficient (Wildman–Crippen LogP) is 3.98. The molecule has 0 bridgehead atoms. The molecule has 0 aromatic carbocycles. The Kier molecular flexibility index (Phi) is 2.87. The fourth-order valence-corrected chi connectivity index (χ4v) is 6.41. The Morgan fingerprint density at radius 1 is 1.10 bits per heavy atom. The van der Waals surface area contributed by atoms with E-state index in [0.29, 0.717) is 23.2 Å². The molecule has 0 aromatic heterocycles. The monoisotopic (exact) mass is 276 g/mol. The van der Waals surface area contributed by atoms with Crippen LogP contribution < -0.4 is 0 Å². The normalized spacial score (nSPS) is 55.0. The Balaban J connectivity index is 1.67. The first-order valence-electron chi connectivity index (χ1n) is 8.69. The summed E-state index contributed by atoms with van der Waals surface area (Å²) in [7, 11) is 0. The molecule has 0 unspecified atom stereocenters. The summed E-state index contributed by atoms with van der Waals surface area (Å²) in [6.07, 6.45) is 9.98. The molecule has 6 atom stereocenters. The number of ketones is 1. The Labute approximate surface area is 122 Å². The number of rotatable bonds is 0. The molecule has 0 amide bonds. The van der Waals surface area contributed by atoms with Crippen LogP contribution in [0.2, 0.25) is 0 Å². The topological polar surface area (TPSA) is 26.3 Å². The number of ether oxygens (including phenoxy) is 1. The molecular formula is C18H28O2. The lowest BCUT2D eigenvalue weighted by Gasteiger charge is -2.58. The van der Waals surface area contributed by atoms with Gasteiger partial charge in [0.15, 0.2) is 0 Å². The molecule has 1 saturated heterocycles. The van der Waals surface area contributed by atoms with E-state index in [1.807, 2.05) is 0 Å². The highest BCUT2D eigenvalue weighted by Gasteiger charge is 2.59. The van der Waals surface area contributed by atoms with Crippen molar-refractivity contribution in [2.45, 2.75) is 71.3 Å². The molecule has 3 aliphatic carbocycles. The maximum Gasteiger partial charge on any atom is 0.136 e. The standard InChI is InChI=1S/C18H28O2/c1-17-9-7-13-12(16(17)20-11-10-17)5-6-14-15(19)4-3-8-18(13,14)2/h12-14,16H,3-11H2,1-2H3/t12-,13-,14-,16+,17+,18+/m0/s1. The van der Waals surface area contributed by atoms with Crippen molar-refractivity contribution in [3.05, 3.63) is 0 Å². The third-order valence-corrected chi connectivity index (χ3v) is 7.55. The van der Waals surface area contributed by atoms with E-state index in [4.69, 9.17) is 4.74 Å². The first kappa shape index (κ1) is 13.3. The molecule has 4 aliphatic rings. The highest BCUT2D eigenvalue weighted by Crippen LogP contribution is 2.62. The van der Waals surface area contributed by atoms with Crippen molar-refractivity contribution in [2.75, 3.05) is 6.61 Å². The van der Waals surface area contributed by atoms with E-state index in [-0.39, 0.29) is 5.41 Å². The first-order chi connectivity index (χ1) is 9.55. The number of carbonyl (C=O) groups excluding carboxylic acids is 1. The van der Waals surface area contributed by atoms with Gasteiger partial charge in [0.25, 0.3) is 0 Å². The molecule has 2 nitrogen and oxygen atoms in total. The summed E-state index contributed by atoms with van der Waals surface area (Å²) >= 11 is 0. The van der Waals surface area contributed by atoms with E-state index < -0.39 is 0 Å². The summed E-state index contributed by atoms with van der Waals surface area (Å²) < 4.78 is 6.20. The van der Waals surface area contributed by atoms with Gasteiger partial charge in [-0.3, -0.25) is 4.79 Å². The second-order valence-electron chi connectivity index (χ2n) is 8.46. The van der Waals surface area contributed by atoms with Crippen LogP contribution in [0.4, 0.5) is 0 Å². The van der Waals surface area contributed by atoms with Crippen molar-refractivity contribution in [3.8, 4) is 0 Å². The zero-order valence-electron chi connectivity index (χ0n) is 13.0. The van der Waals surface area contributed by atoms with Crippen LogP contribution in [0.3, 0.4) is 0 Å². The number of hydrogen-bond donors (Lipinski definition) is 0. The van der Waals surface area contributed by atoms with Crippen LogP contribution >= 0.6 is 0 Å². The minimum absolute atomic E-state index is 0.283. The van der Waals surface area contributed by atoms with Gasteiger partial charge in [0.1, 0.15) is 5.78 Å².